The van der Waals surface area contributed by atoms with Gasteiger partial charge in [-0.1, -0.05) is 55.0 Å². The van der Waals surface area contributed by atoms with Crippen molar-refractivity contribution in [1.29, 1.82) is 0 Å². The molecule has 0 spiro atoms. The number of carbonyl (C=O) groups is 2. The number of hydrogen-bond donors (Lipinski definition) is 1. The first-order chi connectivity index (χ1) is 21.9. The number of amides is 1. The summed E-state index contributed by atoms with van der Waals surface area (Å²) in [5, 5.41) is 4.36. The molecule has 0 radical (unpaired) electrons. The molecule has 1 saturated heterocycles. The second-order valence-corrected chi connectivity index (χ2v) is 19.0. The first-order valence-corrected chi connectivity index (χ1v) is 19.7. The highest BCUT2D eigenvalue weighted by molar-refractivity contribution is 6.76. The predicted octanol–water partition coefficient (Wildman–Crippen LogP) is 6.80. The van der Waals surface area contributed by atoms with Crippen molar-refractivity contribution >= 4 is 54.1 Å². The second-order valence-electron chi connectivity index (χ2n) is 12.6. The molecular formula is C33H40Cl2N4O6Si. The van der Waals surface area contributed by atoms with E-state index in [-0.39, 0.29) is 22.6 Å². The summed E-state index contributed by atoms with van der Waals surface area (Å²) in [7, 11) is 0.611. The minimum Gasteiger partial charge on any atom is -0.484 e. The first kappa shape index (κ1) is 34.0. The summed E-state index contributed by atoms with van der Waals surface area (Å²) in [6, 6.07) is 11.6. The summed E-state index contributed by atoms with van der Waals surface area (Å²) in [6.45, 7) is 11.0. The topological polar surface area (TPSA) is 106 Å². The maximum absolute atomic E-state index is 13.8. The van der Waals surface area contributed by atoms with E-state index in [1.54, 1.807) is 49.0 Å². The lowest BCUT2D eigenvalue weighted by Gasteiger charge is -2.29. The van der Waals surface area contributed by atoms with Gasteiger partial charge >= 0.3 is 5.97 Å². The summed E-state index contributed by atoms with van der Waals surface area (Å²) < 4.78 is 26.5. The zero-order chi connectivity index (χ0) is 33.1. The van der Waals surface area contributed by atoms with Crippen molar-refractivity contribution in [2.75, 3.05) is 26.4 Å². The van der Waals surface area contributed by atoms with E-state index in [0.29, 0.717) is 73.3 Å². The molecule has 3 heterocycles. The van der Waals surface area contributed by atoms with Gasteiger partial charge in [0.05, 0.1) is 34.9 Å². The number of nitrogens with one attached hydrogen (secondary N) is 1. The number of halogens is 2. The van der Waals surface area contributed by atoms with Gasteiger partial charge in [0.2, 0.25) is 0 Å². The van der Waals surface area contributed by atoms with Crippen molar-refractivity contribution in [3.05, 3.63) is 81.5 Å². The van der Waals surface area contributed by atoms with Gasteiger partial charge in [0.1, 0.15) is 35.6 Å². The third-order valence-electron chi connectivity index (χ3n) is 8.13. The first-order valence-electron chi connectivity index (χ1n) is 15.3. The molecule has 246 valence electrons. The van der Waals surface area contributed by atoms with Gasteiger partial charge in [-0.15, -0.1) is 0 Å². The van der Waals surface area contributed by atoms with Crippen molar-refractivity contribution < 1.29 is 28.5 Å². The molecule has 1 aliphatic heterocycles. The maximum Gasteiger partial charge on any atom is 0.338 e. The number of benzene rings is 2. The monoisotopic (exact) mass is 686 g/mol. The van der Waals surface area contributed by atoms with E-state index in [1.165, 1.54) is 0 Å². The van der Waals surface area contributed by atoms with Gasteiger partial charge in [-0.05, 0) is 36.7 Å². The number of carbonyl (C=O) groups excluding carboxylic acids is 2. The molecule has 1 atom stereocenters. The highest BCUT2D eigenvalue weighted by Gasteiger charge is 2.39. The summed E-state index contributed by atoms with van der Waals surface area (Å²) in [5.74, 6) is 0.372. The number of aromatic nitrogens is 3. The van der Waals surface area contributed by atoms with E-state index < -0.39 is 19.6 Å². The van der Waals surface area contributed by atoms with Gasteiger partial charge < -0.3 is 33.4 Å². The zero-order valence-corrected chi connectivity index (χ0v) is 29.3. The molecule has 1 aliphatic rings. The van der Waals surface area contributed by atoms with Crippen molar-refractivity contribution in [2.45, 2.75) is 57.9 Å². The van der Waals surface area contributed by atoms with E-state index in [9.17, 15) is 9.59 Å². The highest BCUT2D eigenvalue weighted by Crippen LogP contribution is 2.40. The van der Waals surface area contributed by atoms with Gasteiger partial charge in [-0.2, -0.15) is 0 Å². The molecule has 13 heteroatoms. The van der Waals surface area contributed by atoms with Gasteiger partial charge in [0.25, 0.3) is 5.91 Å². The number of rotatable bonds is 13. The van der Waals surface area contributed by atoms with E-state index in [2.05, 4.69) is 29.9 Å². The summed E-state index contributed by atoms with van der Waals surface area (Å²) >= 11 is 13.4. The Morgan fingerprint density at radius 1 is 1.13 bits per heavy atom. The molecule has 2 aromatic carbocycles. The minimum atomic E-state index is -1.18. The Bertz CT molecular complexity index is 1710. The van der Waals surface area contributed by atoms with Crippen LogP contribution in [0, 0.1) is 0 Å². The van der Waals surface area contributed by atoms with Crippen LogP contribution in [0.3, 0.4) is 0 Å². The highest BCUT2D eigenvalue weighted by atomic mass is 35.5. The molecule has 2 aromatic heterocycles. The van der Waals surface area contributed by atoms with Crippen LogP contribution in [0.15, 0.2) is 48.8 Å². The number of aryl methyl sites for hydroxylation is 1. The molecule has 10 nitrogen and oxygen atoms in total. The van der Waals surface area contributed by atoms with Crippen LogP contribution >= 0.6 is 23.2 Å². The van der Waals surface area contributed by atoms with Crippen LogP contribution in [0.1, 0.15) is 45.6 Å². The predicted molar refractivity (Wildman–Crippen MR) is 181 cm³/mol. The zero-order valence-electron chi connectivity index (χ0n) is 26.8. The fourth-order valence-electron chi connectivity index (χ4n) is 5.37. The number of hydrogen-bond acceptors (Lipinski definition) is 7. The largest absolute Gasteiger partial charge is 0.484 e. The van der Waals surface area contributed by atoms with E-state index in [1.807, 2.05) is 22.9 Å². The summed E-state index contributed by atoms with van der Waals surface area (Å²) in [6.07, 6.45) is 4.13. The van der Waals surface area contributed by atoms with E-state index >= 15 is 0 Å². The van der Waals surface area contributed by atoms with Crippen molar-refractivity contribution in [3.63, 3.8) is 0 Å². The molecule has 5 rings (SSSR count). The number of esters is 1. The second kappa shape index (κ2) is 14.2. The lowest BCUT2D eigenvalue weighted by molar-refractivity contribution is 0.0526. The molecule has 1 fully saturated rings. The van der Waals surface area contributed by atoms with Crippen LogP contribution in [0.25, 0.3) is 10.9 Å². The lowest BCUT2D eigenvalue weighted by atomic mass is 9.88. The molecular weight excluding hydrogens is 647 g/mol. The van der Waals surface area contributed by atoms with Gasteiger partial charge in [0.15, 0.2) is 0 Å². The average molecular weight is 688 g/mol. The Kier molecular flexibility index (Phi) is 10.5. The molecule has 4 aromatic rings. The Morgan fingerprint density at radius 3 is 2.57 bits per heavy atom. The van der Waals surface area contributed by atoms with Crippen LogP contribution in [-0.4, -0.2) is 60.5 Å². The quantitative estimate of drug-likeness (QED) is 0.0937. The third-order valence-corrected chi connectivity index (χ3v) is 10.7. The standard InChI is InChI=1S/C33H40Cl2N4O6Si/c1-6-44-32(41)22-7-9-23(10-8-22)33(11-14-42-20-33)37-31(40)26-17-24-25(38(26)2)18-27(30(35)29(24)34)45-19-28-36-12-13-39(28)21-43-15-16-46(3,4)5/h7-10,12-13,17-18H,6,11,14-16,19-21H2,1-5H3,(H,37,40). The minimum absolute atomic E-state index is 0.154. The number of nitrogens with zero attached hydrogens (tertiary/aromatic N) is 3. The van der Waals surface area contributed by atoms with Crippen molar-refractivity contribution in [1.82, 2.24) is 19.4 Å². The van der Waals surface area contributed by atoms with Crippen LogP contribution in [0.5, 0.6) is 5.75 Å². The fourth-order valence-corrected chi connectivity index (χ4v) is 6.58. The normalized spacial score (nSPS) is 16.6. The summed E-state index contributed by atoms with van der Waals surface area (Å²) in [5.41, 5.74) is 1.59. The van der Waals surface area contributed by atoms with Crippen molar-refractivity contribution in [2.24, 2.45) is 7.05 Å². The van der Waals surface area contributed by atoms with Crippen molar-refractivity contribution in [3.8, 4) is 5.75 Å². The van der Waals surface area contributed by atoms with E-state index in [0.717, 1.165) is 11.6 Å². The average Bonchev–Trinajstić information content (AvgIpc) is 3.76. The molecule has 0 saturated carbocycles. The van der Waals surface area contributed by atoms with E-state index in [4.69, 9.17) is 42.1 Å². The Hall–Kier alpha value is -3.35. The van der Waals surface area contributed by atoms with Crippen LogP contribution in [0.2, 0.25) is 35.7 Å². The summed E-state index contributed by atoms with van der Waals surface area (Å²) in [4.78, 5) is 30.4. The third kappa shape index (κ3) is 7.44. The SMILES string of the molecule is CCOC(=O)c1ccc(C2(NC(=O)c3cc4c(Cl)c(Cl)c(OCc5nccn5COCC[Si](C)(C)C)cc4n3C)CCOC2)cc1. The molecule has 46 heavy (non-hydrogen) atoms. The molecule has 1 unspecified atom stereocenters. The van der Waals surface area contributed by atoms with Crippen LogP contribution in [0.4, 0.5) is 0 Å². The van der Waals surface area contributed by atoms with Gasteiger partial charge in [-0.3, -0.25) is 4.79 Å². The fraction of sp³-hybridized carbons (Fsp3) is 0.424. The van der Waals surface area contributed by atoms with Gasteiger partial charge in [-0.25, -0.2) is 9.78 Å². The van der Waals surface area contributed by atoms with Crippen LogP contribution in [-0.2, 0) is 40.1 Å². The smallest absolute Gasteiger partial charge is 0.338 e. The lowest BCUT2D eigenvalue weighted by Crippen LogP contribution is -2.47. The van der Waals surface area contributed by atoms with Gasteiger partial charge in [0, 0.05) is 58.6 Å². The maximum atomic E-state index is 13.8. The van der Waals surface area contributed by atoms with Crippen LogP contribution < -0.4 is 10.1 Å². The number of ether oxygens (including phenoxy) is 4. The Labute approximate surface area is 279 Å². The Balaban J connectivity index is 1.33. The number of imidazole rings is 1. The molecule has 0 aliphatic carbocycles. The Morgan fingerprint density at radius 2 is 1.89 bits per heavy atom. The molecule has 0 bridgehead atoms. The molecule has 1 amide bonds. The number of fused-ring (bicyclic) bond motifs is 1. The molecule has 1 N–H and O–H groups in total.